The molecule has 1 heterocycles. The second kappa shape index (κ2) is 7.16. The molecule has 0 unspecified atom stereocenters. The number of amides is 1. The first-order valence-corrected chi connectivity index (χ1v) is 9.48. The van der Waals surface area contributed by atoms with Crippen LogP contribution in [0.5, 0.6) is 5.75 Å². The lowest BCUT2D eigenvalue weighted by Crippen LogP contribution is -2.46. The molecule has 1 aromatic rings. The number of sulfone groups is 1. The minimum atomic E-state index is -3.11. The molecular weight excluding hydrogens is 336 g/mol. The highest BCUT2D eigenvalue weighted by Crippen LogP contribution is 2.27. The summed E-state index contributed by atoms with van der Waals surface area (Å²) in [6.45, 7) is 3.62. The Kier molecular flexibility index (Phi) is 5.43. The van der Waals surface area contributed by atoms with Gasteiger partial charge < -0.3 is 9.64 Å². The molecule has 2 atom stereocenters. The fraction of sp³-hybridized carbons (Fsp3) is 0.533. The lowest BCUT2D eigenvalue weighted by Gasteiger charge is -2.29. The Balaban J connectivity index is 2.12. The topological polar surface area (TPSA) is 107 Å². The highest BCUT2D eigenvalue weighted by atomic mass is 32.2. The predicted molar refractivity (Wildman–Crippen MR) is 87.6 cm³/mol. The zero-order valence-corrected chi connectivity index (χ0v) is 14.4. The summed E-state index contributed by atoms with van der Waals surface area (Å²) in [4.78, 5) is 24.5. The van der Waals surface area contributed by atoms with Crippen LogP contribution in [0.1, 0.15) is 20.3 Å². The van der Waals surface area contributed by atoms with Crippen LogP contribution in [0.25, 0.3) is 0 Å². The molecule has 0 aliphatic carbocycles. The van der Waals surface area contributed by atoms with Crippen LogP contribution in [-0.2, 0) is 14.6 Å². The fourth-order valence-electron chi connectivity index (χ4n) is 2.80. The zero-order chi connectivity index (χ0) is 17.9. The summed E-state index contributed by atoms with van der Waals surface area (Å²) in [5, 5.41) is 11.0. The first-order valence-electron chi connectivity index (χ1n) is 7.66. The standard InChI is InChI=1S/C15H20N2O6S/c1-3-16(12-8-9-24(21,22)10-12)15(18)11(2)23-14-7-5-4-6-13(14)17(19)20/h4-7,11-12H,3,8-10H2,1-2H3/t11-,12-/m1/s1. The van der Waals surface area contributed by atoms with Crippen molar-refractivity contribution in [2.75, 3.05) is 18.1 Å². The summed E-state index contributed by atoms with van der Waals surface area (Å²) < 4.78 is 28.7. The number of likely N-dealkylation sites (N-methyl/N-ethyl adjacent to an activating group) is 1. The van der Waals surface area contributed by atoms with E-state index in [1.165, 1.54) is 30.0 Å². The minimum absolute atomic E-state index is 0.0125. The van der Waals surface area contributed by atoms with Crippen molar-refractivity contribution < 1.29 is 22.9 Å². The number of ether oxygens (including phenoxy) is 1. The summed E-state index contributed by atoms with van der Waals surface area (Å²) in [7, 11) is -3.11. The van der Waals surface area contributed by atoms with Gasteiger partial charge in [-0.2, -0.15) is 0 Å². The van der Waals surface area contributed by atoms with Crippen molar-refractivity contribution in [3.63, 3.8) is 0 Å². The number of hydrogen-bond acceptors (Lipinski definition) is 6. The number of benzene rings is 1. The van der Waals surface area contributed by atoms with Crippen molar-refractivity contribution in [3.05, 3.63) is 34.4 Å². The number of hydrogen-bond donors (Lipinski definition) is 0. The van der Waals surface area contributed by atoms with Crippen molar-refractivity contribution in [3.8, 4) is 5.75 Å². The Labute approximate surface area is 140 Å². The van der Waals surface area contributed by atoms with Crippen molar-refractivity contribution in [2.45, 2.75) is 32.4 Å². The van der Waals surface area contributed by atoms with Crippen LogP contribution in [0.15, 0.2) is 24.3 Å². The number of carbonyl (C=O) groups is 1. The lowest BCUT2D eigenvalue weighted by molar-refractivity contribution is -0.386. The van der Waals surface area contributed by atoms with Crippen molar-refractivity contribution in [1.82, 2.24) is 4.90 Å². The van der Waals surface area contributed by atoms with Crippen LogP contribution in [0.2, 0.25) is 0 Å². The van der Waals surface area contributed by atoms with Gasteiger partial charge in [-0.1, -0.05) is 12.1 Å². The lowest BCUT2D eigenvalue weighted by atomic mass is 10.2. The Morgan fingerprint density at radius 2 is 2.12 bits per heavy atom. The number of rotatable bonds is 6. The van der Waals surface area contributed by atoms with Crippen molar-refractivity contribution in [2.24, 2.45) is 0 Å². The average Bonchev–Trinajstić information content (AvgIpc) is 2.88. The third kappa shape index (κ3) is 4.02. The van der Waals surface area contributed by atoms with E-state index in [1.54, 1.807) is 13.0 Å². The number of nitro benzene ring substituents is 1. The van der Waals surface area contributed by atoms with Crippen molar-refractivity contribution >= 4 is 21.4 Å². The van der Waals surface area contributed by atoms with Gasteiger partial charge in [0.25, 0.3) is 5.91 Å². The molecule has 0 bridgehead atoms. The number of nitro groups is 1. The second-order valence-corrected chi connectivity index (χ2v) is 7.89. The maximum absolute atomic E-state index is 12.6. The minimum Gasteiger partial charge on any atom is -0.474 e. The van der Waals surface area contributed by atoms with Crippen LogP contribution in [-0.4, -0.2) is 54.3 Å². The summed E-state index contributed by atoms with van der Waals surface area (Å²) in [5.74, 6) is -0.345. The summed E-state index contributed by atoms with van der Waals surface area (Å²) in [6, 6.07) is 5.45. The molecular formula is C15H20N2O6S. The van der Waals surface area contributed by atoms with E-state index in [0.29, 0.717) is 13.0 Å². The molecule has 1 saturated heterocycles. The molecule has 8 nitrogen and oxygen atoms in total. The highest BCUT2D eigenvalue weighted by Gasteiger charge is 2.36. The van der Waals surface area contributed by atoms with E-state index in [4.69, 9.17) is 4.74 Å². The molecule has 0 radical (unpaired) electrons. The molecule has 0 spiro atoms. The van der Waals surface area contributed by atoms with E-state index in [2.05, 4.69) is 0 Å². The van der Waals surface area contributed by atoms with E-state index in [0.717, 1.165) is 0 Å². The van der Waals surface area contributed by atoms with Crippen LogP contribution in [0.4, 0.5) is 5.69 Å². The van der Waals surface area contributed by atoms with Gasteiger partial charge in [-0.15, -0.1) is 0 Å². The van der Waals surface area contributed by atoms with Gasteiger partial charge in [0.05, 0.1) is 16.4 Å². The van der Waals surface area contributed by atoms with Crippen LogP contribution in [0.3, 0.4) is 0 Å². The summed E-state index contributed by atoms with van der Waals surface area (Å²) in [5.41, 5.74) is -0.219. The number of nitrogens with zero attached hydrogens (tertiary/aromatic N) is 2. The van der Waals surface area contributed by atoms with E-state index >= 15 is 0 Å². The van der Waals surface area contributed by atoms with Gasteiger partial charge in [-0.05, 0) is 26.3 Å². The molecule has 9 heteroatoms. The highest BCUT2D eigenvalue weighted by molar-refractivity contribution is 7.91. The Morgan fingerprint density at radius 1 is 1.46 bits per heavy atom. The number of carbonyl (C=O) groups excluding carboxylic acids is 1. The van der Waals surface area contributed by atoms with Gasteiger partial charge in [-0.3, -0.25) is 14.9 Å². The van der Waals surface area contributed by atoms with E-state index in [9.17, 15) is 23.3 Å². The summed E-state index contributed by atoms with van der Waals surface area (Å²) in [6.07, 6.45) is -0.547. The Morgan fingerprint density at radius 3 is 2.67 bits per heavy atom. The maximum Gasteiger partial charge on any atom is 0.310 e. The third-order valence-corrected chi connectivity index (χ3v) is 5.74. The maximum atomic E-state index is 12.6. The van der Waals surface area contributed by atoms with Crippen molar-refractivity contribution in [1.29, 1.82) is 0 Å². The van der Waals surface area contributed by atoms with Gasteiger partial charge in [0, 0.05) is 18.7 Å². The van der Waals surface area contributed by atoms with Gasteiger partial charge in [0.1, 0.15) is 0 Å². The first-order chi connectivity index (χ1) is 11.2. The van der Waals surface area contributed by atoms with Gasteiger partial charge >= 0.3 is 5.69 Å². The average molecular weight is 356 g/mol. The zero-order valence-electron chi connectivity index (χ0n) is 13.5. The molecule has 24 heavy (non-hydrogen) atoms. The Bertz CT molecular complexity index is 733. The molecule has 0 aromatic heterocycles. The summed E-state index contributed by atoms with van der Waals surface area (Å²) >= 11 is 0. The SMILES string of the molecule is CCN(C(=O)[C@@H](C)Oc1ccccc1[N+](=O)[O-])[C@@H]1CCS(=O)(=O)C1. The van der Waals surface area contributed by atoms with Gasteiger partial charge in [-0.25, -0.2) is 8.42 Å². The third-order valence-electron chi connectivity index (χ3n) is 3.99. The molecule has 2 rings (SSSR count). The molecule has 1 aromatic carbocycles. The molecule has 1 aliphatic rings. The second-order valence-electron chi connectivity index (χ2n) is 5.67. The van der Waals surface area contributed by atoms with Gasteiger partial charge in [0.15, 0.2) is 21.7 Å². The fourth-order valence-corrected chi connectivity index (χ4v) is 4.53. The van der Waals surface area contributed by atoms with Crippen LogP contribution >= 0.6 is 0 Å². The van der Waals surface area contributed by atoms with E-state index in [1.807, 2.05) is 0 Å². The first kappa shape index (κ1) is 18.2. The number of para-hydroxylation sites is 2. The largest absolute Gasteiger partial charge is 0.474 e. The molecule has 132 valence electrons. The van der Waals surface area contributed by atoms with E-state index in [-0.39, 0.29) is 34.9 Å². The monoisotopic (exact) mass is 356 g/mol. The smallest absolute Gasteiger partial charge is 0.310 e. The van der Waals surface area contributed by atoms with Crippen LogP contribution < -0.4 is 4.74 Å². The molecule has 1 aliphatic heterocycles. The predicted octanol–water partition coefficient (Wildman–Crippen LogP) is 1.40. The normalized spacial score (nSPS) is 20.3. The Hall–Kier alpha value is -2.16. The van der Waals surface area contributed by atoms with E-state index < -0.39 is 20.9 Å². The van der Waals surface area contributed by atoms with Gasteiger partial charge in [0.2, 0.25) is 0 Å². The molecule has 0 N–H and O–H groups in total. The quantitative estimate of drug-likeness (QED) is 0.563. The molecule has 1 fully saturated rings. The molecule has 1 amide bonds. The van der Waals surface area contributed by atoms with Crippen LogP contribution in [0, 0.1) is 10.1 Å². The molecule has 0 saturated carbocycles.